The smallest absolute Gasteiger partial charge is 0.191 e. The van der Waals surface area contributed by atoms with Crippen LogP contribution in [-0.2, 0) is 11.3 Å². The molecule has 1 aromatic rings. The minimum atomic E-state index is -0.406. The Balaban J connectivity index is 0.00000220. The Hall–Kier alpha value is -0.600. The van der Waals surface area contributed by atoms with Gasteiger partial charge in [-0.05, 0) is 30.5 Å². The lowest BCUT2D eigenvalue weighted by molar-refractivity contribution is 0.114. The van der Waals surface area contributed by atoms with Crippen LogP contribution in [0.2, 0.25) is 5.02 Å². The average Bonchev–Trinajstić information content (AvgIpc) is 2.96. The van der Waals surface area contributed by atoms with E-state index in [4.69, 9.17) is 16.3 Å². The third-order valence-corrected chi connectivity index (χ3v) is 3.48. The summed E-state index contributed by atoms with van der Waals surface area (Å²) in [6.07, 6.45) is 2.46. The molecular weight excluding hydrogens is 408 g/mol. The first-order chi connectivity index (χ1) is 9.69. The van der Waals surface area contributed by atoms with Gasteiger partial charge in [0.25, 0.3) is 0 Å². The molecule has 21 heavy (non-hydrogen) atoms. The van der Waals surface area contributed by atoms with Crippen LogP contribution in [-0.4, -0.2) is 32.3 Å². The highest BCUT2D eigenvalue weighted by atomic mass is 127. The highest BCUT2D eigenvalue weighted by Gasteiger charge is 2.15. The highest BCUT2D eigenvalue weighted by Crippen LogP contribution is 2.15. The van der Waals surface area contributed by atoms with Gasteiger partial charge in [0, 0.05) is 26.7 Å². The van der Waals surface area contributed by atoms with E-state index >= 15 is 0 Å². The number of nitrogens with one attached hydrogen (secondary N) is 2. The molecule has 1 aliphatic rings. The molecule has 0 aliphatic carbocycles. The van der Waals surface area contributed by atoms with Crippen LogP contribution in [0.4, 0.5) is 4.39 Å². The van der Waals surface area contributed by atoms with Crippen molar-refractivity contribution in [2.24, 2.45) is 4.99 Å². The number of hydrogen-bond acceptors (Lipinski definition) is 2. The molecule has 0 saturated carbocycles. The van der Waals surface area contributed by atoms with Gasteiger partial charge in [-0.3, -0.25) is 4.99 Å². The maximum absolute atomic E-state index is 13.1. The lowest BCUT2D eigenvalue weighted by Gasteiger charge is -2.15. The fourth-order valence-electron chi connectivity index (χ4n) is 2.07. The molecule has 1 saturated heterocycles. The van der Waals surface area contributed by atoms with Gasteiger partial charge in [-0.1, -0.05) is 17.7 Å². The fourth-order valence-corrected chi connectivity index (χ4v) is 2.27. The largest absolute Gasteiger partial charge is 0.376 e. The lowest BCUT2D eigenvalue weighted by Crippen LogP contribution is -2.40. The predicted molar refractivity (Wildman–Crippen MR) is 94.0 cm³/mol. The molecule has 1 aromatic carbocycles. The van der Waals surface area contributed by atoms with Gasteiger partial charge in [0.15, 0.2) is 5.96 Å². The zero-order valence-electron chi connectivity index (χ0n) is 11.9. The third-order valence-electron chi connectivity index (χ3n) is 3.19. The molecule has 0 amide bonds. The quantitative estimate of drug-likeness (QED) is 0.441. The van der Waals surface area contributed by atoms with Crippen LogP contribution in [0.3, 0.4) is 0 Å². The van der Waals surface area contributed by atoms with Crippen molar-refractivity contribution in [3.8, 4) is 0 Å². The van der Waals surface area contributed by atoms with Crippen molar-refractivity contribution in [3.05, 3.63) is 34.6 Å². The standard InChI is InChI=1S/C14H19ClFN3O.HI/c1-17-14(19-9-11-3-2-6-20-11)18-8-10-4-5-13(16)12(15)7-10;/h4-5,7,11H,2-3,6,8-9H2,1H3,(H2,17,18,19);1H. The molecule has 1 heterocycles. The van der Waals surface area contributed by atoms with Crippen LogP contribution in [0.15, 0.2) is 23.2 Å². The van der Waals surface area contributed by atoms with Gasteiger partial charge < -0.3 is 15.4 Å². The summed E-state index contributed by atoms with van der Waals surface area (Å²) in [6.45, 7) is 2.11. The molecule has 0 radical (unpaired) electrons. The van der Waals surface area contributed by atoms with E-state index in [9.17, 15) is 4.39 Å². The molecule has 1 atom stereocenters. The van der Waals surface area contributed by atoms with E-state index in [2.05, 4.69) is 15.6 Å². The first-order valence-corrected chi connectivity index (χ1v) is 7.07. The monoisotopic (exact) mass is 427 g/mol. The number of nitrogens with zero attached hydrogens (tertiary/aromatic N) is 1. The first-order valence-electron chi connectivity index (χ1n) is 6.69. The molecule has 0 bridgehead atoms. The predicted octanol–water partition coefficient (Wildman–Crippen LogP) is 2.94. The molecule has 7 heteroatoms. The molecule has 2 rings (SSSR count). The van der Waals surface area contributed by atoms with Crippen LogP contribution < -0.4 is 10.6 Å². The van der Waals surface area contributed by atoms with Crippen LogP contribution in [0.25, 0.3) is 0 Å². The van der Waals surface area contributed by atoms with E-state index in [1.807, 2.05) is 0 Å². The van der Waals surface area contributed by atoms with Crippen LogP contribution in [0.5, 0.6) is 0 Å². The molecule has 118 valence electrons. The number of halogens is 3. The molecule has 0 spiro atoms. The molecular formula is C14H20ClFIN3O. The van der Waals surface area contributed by atoms with Crippen molar-refractivity contribution in [2.45, 2.75) is 25.5 Å². The minimum Gasteiger partial charge on any atom is -0.376 e. The third kappa shape index (κ3) is 5.96. The SMILES string of the molecule is CN=C(NCc1ccc(F)c(Cl)c1)NCC1CCCO1.I. The van der Waals surface area contributed by atoms with E-state index in [0.717, 1.165) is 31.6 Å². The number of rotatable bonds is 4. The number of aliphatic imine (C=N–C) groups is 1. The van der Waals surface area contributed by atoms with Gasteiger partial charge in [-0.25, -0.2) is 4.39 Å². The summed E-state index contributed by atoms with van der Waals surface area (Å²) >= 11 is 5.75. The van der Waals surface area contributed by atoms with E-state index in [0.29, 0.717) is 12.5 Å². The molecule has 1 fully saturated rings. The van der Waals surface area contributed by atoms with Crippen molar-refractivity contribution in [2.75, 3.05) is 20.2 Å². The summed E-state index contributed by atoms with van der Waals surface area (Å²) in [5.74, 6) is 0.289. The van der Waals surface area contributed by atoms with Gasteiger partial charge in [0.2, 0.25) is 0 Å². The fraction of sp³-hybridized carbons (Fsp3) is 0.500. The number of hydrogen-bond donors (Lipinski definition) is 2. The molecule has 0 aromatic heterocycles. The van der Waals surface area contributed by atoms with Gasteiger partial charge in [0.1, 0.15) is 5.82 Å². The van der Waals surface area contributed by atoms with Crippen molar-refractivity contribution in [1.29, 1.82) is 0 Å². The number of ether oxygens (including phenoxy) is 1. The highest BCUT2D eigenvalue weighted by molar-refractivity contribution is 14.0. The van der Waals surface area contributed by atoms with E-state index < -0.39 is 5.82 Å². The summed E-state index contributed by atoms with van der Waals surface area (Å²) < 4.78 is 18.6. The van der Waals surface area contributed by atoms with E-state index in [1.54, 1.807) is 19.2 Å². The molecule has 1 unspecified atom stereocenters. The topological polar surface area (TPSA) is 45.7 Å². The maximum atomic E-state index is 13.1. The van der Waals surface area contributed by atoms with Gasteiger partial charge in [0.05, 0.1) is 11.1 Å². The van der Waals surface area contributed by atoms with Gasteiger partial charge >= 0.3 is 0 Å². The van der Waals surface area contributed by atoms with E-state index in [1.165, 1.54) is 6.07 Å². The van der Waals surface area contributed by atoms with Crippen molar-refractivity contribution in [1.82, 2.24) is 10.6 Å². The van der Waals surface area contributed by atoms with Crippen LogP contribution >= 0.6 is 35.6 Å². The first kappa shape index (κ1) is 18.4. The molecule has 1 aliphatic heterocycles. The van der Waals surface area contributed by atoms with Crippen LogP contribution in [0, 0.1) is 5.82 Å². The summed E-state index contributed by atoms with van der Waals surface area (Å²) in [5.41, 5.74) is 0.900. The number of guanidine groups is 1. The Bertz CT molecular complexity index is 481. The van der Waals surface area contributed by atoms with Crippen molar-refractivity contribution >= 4 is 41.5 Å². The number of benzene rings is 1. The van der Waals surface area contributed by atoms with Gasteiger partial charge in [-0.2, -0.15) is 0 Å². The maximum Gasteiger partial charge on any atom is 0.191 e. The second kappa shape index (κ2) is 9.42. The van der Waals surface area contributed by atoms with E-state index in [-0.39, 0.29) is 35.1 Å². The normalized spacial score (nSPS) is 18.2. The second-order valence-corrected chi connectivity index (χ2v) is 5.10. The Kier molecular flexibility index (Phi) is 8.28. The Labute approximate surface area is 146 Å². The zero-order valence-corrected chi connectivity index (χ0v) is 15.0. The molecule has 2 N–H and O–H groups in total. The summed E-state index contributed by atoms with van der Waals surface area (Å²) in [4.78, 5) is 4.14. The summed E-state index contributed by atoms with van der Waals surface area (Å²) in [6, 6.07) is 4.67. The minimum absolute atomic E-state index is 0. The lowest BCUT2D eigenvalue weighted by atomic mass is 10.2. The zero-order chi connectivity index (χ0) is 14.4. The summed E-state index contributed by atoms with van der Waals surface area (Å²) in [5, 5.41) is 6.50. The Morgan fingerprint density at radius 1 is 1.48 bits per heavy atom. The van der Waals surface area contributed by atoms with Crippen molar-refractivity contribution < 1.29 is 9.13 Å². The summed E-state index contributed by atoms with van der Waals surface area (Å²) in [7, 11) is 1.71. The second-order valence-electron chi connectivity index (χ2n) is 4.69. The molecule has 4 nitrogen and oxygen atoms in total. The Morgan fingerprint density at radius 3 is 2.90 bits per heavy atom. The van der Waals surface area contributed by atoms with Crippen LogP contribution in [0.1, 0.15) is 18.4 Å². The average molecular weight is 428 g/mol. The Morgan fingerprint density at radius 2 is 2.29 bits per heavy atom. The van der Waals surface area contributed by atoms with Gasteiger partial charge in [-0.15, -0.1) is 24.0 Å². The van der Waals surface area contributed by atoms with Crippen molar-refractivity contribution in [3.63, 3.8) is 0 Å².